The minimum atomic E-state index is -4.76. The molecule has 0 unspecified atom stereocenters. The first kappa shape index (κ1) is 20.3. The zero-order chi connectivity index (χ0) is 20.6. The molecule has 0 saturated heterocycles. The molecule has 13 heteroatoms. The van der Waals surface area contributed by atoms with E-state index in [1.165, 1.54) is 0 Å². The van der Waals surface area contributed by atoms with Crippen molar-refractivity contribution >= 4 is 43.5 Å². The Labute approximate surface area is 152 Å². The van der Waals surface area contributed by atoms with Gasteiger partial charge in [0.1, 0.15) is 0 Å². The van der Waals surface area contributed by atoms with E-state index in [-0.39, 0.29) is 16.9 Å². The number of carboxylic acids is 1. The number of amides is 1. The third kappa shape index (κ3) is 5.01. The number of carboxylic acid groups (broad SMARTS) is 1. The molecule has 6 N–H and O–H groups in total. The summed E-state index contributed by atoms with van der Waals surface area (Å²) in [7, 11) is -9.41. The lowest BCUT2D eigenvalue weighted by molar-refractivity contribution is 0.0696. The Hall–Kier alpha value is -3.00. The highest BCUT2D eigenvalue weighted by atomic mass is 32.2. The van der Waals surface area contributed by atoms with Crippen LogP contribution >= 0.6 is 0 Å². The number of rotatable bonds is 5. The first-order valence-corrected chi connectivity index (χ1v) is 9.70. The van der Waals surface area contributed by atoms with Crippen molar-refractivity contribution in [2.75, 3.05) is 11.1 Å². The zero-order valence-corrected chi connectivity index (χ0v) is 14.8. The molecule has 0 aliphatic rings. The Morgan fingerprint density at radius 3 is 1.85 bits per heavy atom. The van der Waals surface area contributed by atoms with E-state index in [4.69, 9.17) is 19.9 Å². The van der Waals surface area contributed by atoms with Crippen molar-refractivity contribution in [3.8, 4) is 0 Å². The van der Waals surface area contributed by atoms with Gasteiger partial charge in [-0.25, -0.2) is 4.79 Å². The van der Waals surface area contributed by atoms with Crippen LogP contribution < -0.4 is 11.1 Å². The standard InChI is InChI=1S/C14H12N2O9S2/c15-9-1-7(3-11(5-9)26(20,21)22)13(17)16-10-2-8(14(18)19)4-12(6-10)27(23,24)25/h1-6H,15H2,(H,16,17)(H,18,19)(H,20,21,22)(H,23,24,25). The highest BCUT2D eigenvalue weighted by Crippen LogP contribution is 2.22. The molecular weight excluding hydrogens is 404 g/mol. The Balaban J connectivity index is 2.48. The van der Waals surface area contributed by atoms with E-state index < -0.39 is 47.5 Å². The van der Waals surface area contributed by atoms with Crippen LogP contribution in [0.1, 0.15) is 20.7 Å². The topological polar surface area (TPSA) is 201 Å². The number of nitrogens with two attached hydrogens (primary N) is 1. The first-order chi connectivity index (χ1) is 12.3. The summed E-state index contributed by atoms with van der Waals surface area (Å²) in [5, 5.41) is 11.2. The molecule has 0 atom stereocenters. The number of benzene rings is 2. The normalized spacial score (nSPS) is 11.8. The Bertz CT molecular complexity index is 1160. The lowest BCUT2D eigenvalue weighted by Gasteiger charge is -2.10. The van der Waals surface area contributed by atoms with Gasteiger partial charge in [-0.15, -0.1) is 0 Å². The van der Waals surface area contributed by atoms with Crippen LogP contribution in [0, 0.1) is 0 Å². The summed E-state index contributed by atoms with van der Waals surface area (Å²) in [5.41, 5.74) is 4.18. The predicted octanol–water partition coefficient (Wildman–Crippen LogP) is 0.713. The second kappa shape index (κ2) is 6.96. The third-order valence-electron chi connectivity index (χ3n) is 3.20. The Morgan fingerprint density at radius 1 is 0.815 bits per heavy atom. The average Bonchev–Trinajstić information content (AvgIpc) is 2.52. The van der Waals surface area contributed by atoms with Crippen LogP contribution in [0.15, 0.2) is 46.2 Å². The van der Waals surface area contributed by atoms with Gasteiger partial charge < -0.3 is 16.2 Å². The molecule has 11 nitrogen and oxygen atoms in total. The van der Waals surface area contributed by atoms with Gasteiger partial charge in [-0.2, -0.15) is 16.8 Å². The van der Waals surface area contributed by atoms with E-state index in [9.17, 15) is 26.4 Å². The number of hydrogen-bond donors (Lipinski definition) is 5. The minimum absolute atomic E-state index is 0.159. The SMILES string of the molecule is Nc1cc(C(=O)Nc2cc(C(=O)O)cc(S(=O)(=O)O)c2)cc(S(=O)(=O)O)c1. The zero-order valence-electron chi connectivity index (χ0n) is 13.1. The maximum absolute atomic E-state index is 12.3. The summed E-state index contributed by atoms with van der Waals surface area (Å²) in [6, 6.07) is 5.21. The van der Waals surface area contributed by atoms with Crippen LogP contribution in [0.25, 0.3) is 0 Å². The summed E-state index contributed by atoms with van der Waals surface area (Å²) in [6.07, 6.45) is 0. The van der Waals surface area contributed by atoms with Crippen LogP contribution in [0.2, 0.25) is 0 Å². The number of nitrogen functional groups attached to an aromatic ring is 1. The number of anilines is 2. The van der Waals surface area contributed by atoms with E-state index in [2.05, 4.69) is 5.32 Å². The van der Waals surface area contributed by atoms with Crippen LogP contribution in [-0.2, 0) is 20.2 Å². The van der Waals surface area contributed by atoms with Crippen molar-refractivity contribution in [1.82, 2.24) is 0 Å². The van der Waals surface area contributed by atoms with Crippen molar-refractivity contribution in [3.05, 3.63) is 47.5 Å². The van der Waals surface area contributed by atoms with Gasteiger partial charge in [0.05, 0.1) is 15.4 Å². The smallest absolute Gasteiger partial charge is 0.335 e. The van der Waals surface area contributed by atoms with Crippen molar-refractivity contribution in [3.63, 3.8) is 0 Å². The lowest BCUT2D eigenvalue weighted by atomic mass is 10.1. The summed E-state index contributed by atoms with van der Waals surface area (Å²) in [4.78, 5) is 22.0. The maximum atomic E-state index is 12.3. The van der Waals surface area contributed by atoms with E-state index >= 15 is 0 Å². The highest BCUT2D eigenvalue weighted by Gasteiger charge is 2.18. The van der Waals surface area contributed by atoms with E-state index in [1.807, 2.05) is 0 Å². The van der Waals surface area contributed by atoms with E-state index in [1.54, 1.807) is 0 Å². The number of carbonyl (C=O) groups is 2. The van der Waals surface area contributed by atoms with Crippen LogP contribution in [0.3, 0.4) is 0 Å². The fourth-order valence-electron chi connectivity index (χ4n) is 2.05. The van der Waals surface area contributed by atoms with Gasteiger partial charge in [0.25, 0.3) is 26.1 Å². The molecule has 0 radical (unpaired) electrons. The molecule has 1 amide bonds. The van der Waals surface area contributed by atoms with E-state index in [0.717, 1.165) is 30.3 Å². The summed E-state index contributed by atoms with van der Waals surface area (Å²) >= 11 is 0. The molecule has 0 bridgehead atoms. The second-order valence-corrected chi connectivity index (χ2v) is 8.09. The second-order valence-electron chi connectivity index (χ2n) is 5.25. The first-order valence-electron chi connectivity index (χ1n) is 6.82. The fraction of sp³-hybridized carbons (Fsp3) is 0. The van der Waals surface area contributed by atoms with Crippen molar-refractivity contribution < 1.29 is 40.6 Å². The van der Waals surface area contributed by atoms with Gasteiger partial charge in [0, 0.05) is 16.9 Å². The molecule has 144 valence electrons. The number of hydrogen-bond acceptors (Lipinski definition) is 7. The van der Waals surface area contributed by atoms with Gasteiger partial charge in [-0.1, -0.05) is 0 Å². The molecule has 0 aliphatic carbocycles. The monoisotopic (exact) mass is 416 g/mol. The van der Waals surface area contributed by atoms with Crippen LogP contribution in [0.5, 0.6) is 0 Å². The molecule has 0 saturated carbocycles. The molecular formula is C14H12N2O9S2. The van der Waals surface area contributed by atoms with Gasteiger partial charge in [-0.3, -0.25) is 13.9 Å². The van der Waals surface area contributed by atoms with Gasteiger partial charge in [-0.05, 0) is 36.4 Å². The van der Waals surface area contributed by atoms with E-state index in [0.29, 0.717) is 6.07 Å². The van der Waals surface area contributed by atoms with Crippen LogP contribution in [0.4, 0.5) is 11.4 Å². The van der Waals surface area contributed by atoms with Crippen molar-refractivity contribution in [2.24, 2.45) is 0 Å². The van der Waals surface area contributed by atoms with Crippen molar-refractivity contribution in [1.29, 1.82) is 0 Å². The summed E-state index contributed by atoms with van der Waals surface area (Å²) in [6.45, 7) is 0. The highest BCUT2D eigenvalue weighted by molar-refractivity contribution is 7.86. The van der Waals surface area contributed by atoms with Crippen LogP contribution in [-0.4, -0.2) is 42.9 Å². The molecule has 0 aliphatic heterocycles. The molecule has 2 rings (SSSR count). The van der Waals surface area contributed by atoms with Crippen molar-refractivity contribution in [2.45, 2.75) is 9.79 Å². The lowest BCUT2D eigenvalue weighted by Crippen LogP contribution is -2.15. The van der Waals surface area contributed by atoms with Gasteiger partial charge in [0.2, 0.25) is 0 Å². The number of carbonyl (C=O) groups excluding carboxylic acids is 1. The third-order valence-corrected chi connectivity index (χ3v) is 4.86. The fourth-order valence-corrected chi connectivity index (χ4v) is 3.16. The minimum Gasteiger partial charge on any atom is -0.478 e. The average molecular weight is 416 g/mol. The molecule has 0 spiro atoms. The number of aromatic carboxylic acids is 1. The maximum Gasteiger partial charge on any atom is 0.335 e. The predicted molar refractivity (Wildman–Crippen MR) is 91.8 cm³/mol. The molecule has 0 heterocycles. The Morgan fingerprint density at radius 2 is 1.33 bits per heavy atom. The quantitative estimate of drug-likeness (QED) is 0.341. The van der Waals surface area contributed by atoms with Gasteiger partial charge >= 0.3 is 5.97 Å². The molecule has 0 aromatic heterocycles. The largest absolute Gasteiger partial charge is 0.478 e. The molecule has 2 aromatic carbocycles. The molecule has 27 heavy (non-hydrogen) atoms. The van der Waals surface area contributed by atoms with Gasteiger partial charge in [0.15, 0.2) is 0 Å². The molecule has 2 aromatic rings. The summed E-state index contributed by atoms with van der Waals surface area (Å²) < 4.78 is 63.1. The summed E-state index contributed by atoms with van der Waals surface area (Å²) in [5.74, 6) is -2.50. The molecule has 0 fully saturated rings. The Kier molecular flexibility index (Phi) is 5.23. The number of nitrogens with one attached hydrogen (secondary N) is 1.